The number of fused-ring (bicyclic) bond motifs is 1. The first-order valence-electron chi connectivity index (χ1n) is 5.51. The second-order valence-corrected chi connectivity index (χ2v) is 4.18. The van der Waals surface area contributed by atoms with E-state index in [2.05, 4.69) is 5.32 Å². The minimum atomic E-state index is -0.580. The summed E-state index contributed by atoms with van der Waals surface area (Å²) in [6.07, 6.45) is 0. The Bertz CT molecular complexity index is 464. The number of halogens is 1. The summed E-state index contributed by atoms with van der Waals surface area (Å²) in [4.78, 5) is 11.6. The van der Waals surface area contributed by atoms with Crippen molar-refractivity contribution in [2.45, 2.75) is 6.04 Å². The van der Waals surface area contributed by atoms with E-state index in [0.717, 1.165) is 0 Å². The van der Waals surface area contributed by atoms with Crippen LogP contribution in [0.2, 0.25) is 5.02 Å². The molecule has 1 aliphatic rings. The molecule has 1 aromatic rings. The van der Waals surface area contributed by atoms with Crippen molar-refractivity contribution in [2.75, 3.05) is 27.4 Å². The lowest BCUT2D eigenvalue weighted by molar-refractivity contribution is -0.143. The van der Waals surface area contributed by atoms with Gasteiger partial charge in [-0.15, -0.1) is 0 Å². The van der Waals surface area contributed by atoms with E-state index in [1.807, 2.05) is 0 Å². The summed E-state index contributed by atoms with van der Waals surface area (Å²) in [5.74, 6) is 0.685. The van der Waals surface area contributed by atoms with Crippen LogP contribution in [0.15, 0.2) is 12.1 Å². The van der Waals surface area contributed by atoms with Crippen molar-refractivity contribution >= 4 is 17.6 Å². The quantitative estimate of drug-likeness (QED) is 0.845. The highest BCUT2D eigenvalue weighted by Crippen LogP contribution is 2.39. The molecule has 0 saturated carbocycles. The van der Waals surface area contributed by atoms with Gasteiger partial charge in [0.05, 0.1) is 12.1 Å². The lowest BCUT2D eigenvalue weighted by Gasteiger charge is -2.22. The topological polar surface area (TPSA) is 56.8 Å². The Morgan fingerprint density at radius 3 is 2.83 bits per heavy atom. The highest BCUT2D eigenvalue weighted by Gasteiger charge is 2.24. The van der Waals surface area contributed by atoms with E-state index >= 15 is 0 Å². The smallest absolute Gasteiger partial charge is 0.327 e. The average molecular weight is 272 g/mol. The number of benzene rings is 1. The summed E-state index contributed by atoms with van der Waals surface area (Å²) >= 11 is 6.11. The van der Waals surface area contributed by atoms with Gasteiger partial charge >= 0.3 is 5.97 Å². The molecule has 0 radical (unpaired) electrons. The number of nitrogens with one attached hydrogen (secondary N) is 1. The third kappa shape index (κ3) is 2.37. The number of carbonyl (C=O) groups excluding carboxylic acids is 1. The van der Waals surface area contributed by atoms with Crippen LogP contribution in [-0.2, 0) is 9.53 Å². The van der Waals surface area contributed by atoms with Crippen LogP contribution in [-0.4, -0.2) is 33.3 Å². The minimum absolute atomic E-state index is 0.384. The van der Waals surface area contributed by atoms with Crippen molar-refractivity contribution in [3.8, 4) is 11.5 Å². The zero-order chi connectivity index (χ0) is 13.1. The Morgan fingerprint density at radius 2 is 2.17 bits per heavy atom. The number of hydrogen-bond acceptors (Lipinski definition) is 5. The van der Waals surface area contributed by atoms with E-state index < -0.39 is 6.04 Å². The molecule has 0 aliphatic carbocycles. The van der Waals surface area contributed by atoms with Gasteiger partial charge in [0.15, 0.2) is 11.5 Å². The number of methoxy groups -OCH3 is 1. The second-order valence-electron chi connectivity index (χ2n) is 3.77. The third-order valence-corrected chi connectivity index (χ3v) is 2.96. The van der Waals surface area contributed by atoms with Crippen molar-refractivity contribution in [1.29, 1.82) is 0 Å². The maximum atomic E-state index is 11.6. The molecule has 0 amide bonds. The zero-order valence-electron chi connectivity index (χ0n) is 10.2. The van der Waals surface area contributed by atoms with Gasteiger partial charge in [-0.2, -0.15) is 0 Å². The van der Waals surface area contributed by atoms with E-state index in [1.54, 1.807) is 19.2 Å². The Morgan fingerprint density at radius 1 is 1.44 bits per heavy atom. The van der Waals surface area contributed by atoms with Gasteiger partial charge in [-0.25, -0.2) is 4.79 Å². The summed E-state index contributed by atoms with van der Waals surface area (Å²) in [5.41, 5.74) is 0.679. The van der Waals surface area contributed by atoms with Crippen LogP contribution in [0.1, 0.15) is 11.6 Å². The van der Waals surface area contributed by atoms with Crippen LogP contribution >= 0.6 is 11.6 Å². The van der Waals surface area contributed by atoms with Gasteiger partial charge < -0.3 is 19.5 Å². The molecule has 1 atom stereocenters. The Hall–Kier alpha value is -1.46. The van der Waals surface area contributed by atoms with Crippen LogP contribution in [0.3, 0.4) is 0 Å². The van der Waals surface area contributed by atoms with Crippen LogP contribution in [0.5, 0.6) is 11.5 Å². The van der Waals surface area contributed by atoms with E-state index in [0.29, 0.717) is 35.3 Å². The van der Waals surface area contributed by atoms with Crippen molar-refractivity contribution in [3.05, 3.63) is 22.7 Å². The second kappa shape index (κ2) is 5.46. The molecule has 6 heteroatoms. The van der Waals surface area contributed by atoms with Gasteiger partial charge in [-0.1, -0.05) is 11.6 Å². The number of carbonyl (C=O) groups is 1. The van der Waals surface area contributed by atoms with Crippen molar-refractivity contribution in [2.24, 2.45) is 0 Å². The minimum Gasteiger partial charge on any atom is -0.486 e. The molecule has 2 rings (SSSR count). The standard InChI is InChI=1S/C12H14ClNO4/c1-14-10(12(15)16-2)7-5-8(13)11-9(6-7)17-3-4-18-11/h5-6,10,14H,3-4H2,1-2H3. The van der Waals surface area contributed by atoms with E-state index in [1.165, 1.54) is 7.11 Å². The summed E-state index contributed by atoms with van der Waals surface area (Å²) in [7, 11) is 3.01. The fraction of sp³-hybridized carbons (Fsp3) is 0.417. The van der Waals surface area contributed by atoms with Gasteiger partial charge in [0.2, 0.25) is 0 Å². The van der Waals surface area contributed by atoms with Crippen LogP contribution in [0.4, 0.5) is 0 Å². The number of hydrogen-bond donors (Lipinski definition) is 1. The summed E-state index contributed by atoms with van der Waals surface area (Å²) in [6.45, 7) is 0.938. The fourth-order valence-electron chi connectivity index (χ4n) is 1.84. The molecule has 0 aromatic heterocycles. The zero-order valence-corrected chi connectivity index (χ0v) is 10.9. The number of likely N-dealkylation sites (N-methyl/N-ethyl adjacent to an activating group) is 1. The Kier molecular flexibility index (Phi) is 3.93. The van der Waals surface area contributed by atoms with E-state index in [9.17, 15) is 4.79 Å². The molecule has 1 aromatic carbocycles. The Balaban J connectivity index is 2.39. The molecule has 0 fully saturated rings. The van der Waals surface area contributed by atoms with Crippen molar-refractivity contribution in [1.82, 2.24) is 5.32 Å². The molecule has 1 heterocycles. The third-order valence-electron chi connectivity index (χ3n) is 2.68. The van der Waals surface area contributed by atoms with Gasteiger partial charge in [-0.3, -0.25) is 0 Å². The lowest BCUT2D eigenvalue weighted by atomic mass is 10.1. The van der Waals surface area contributed by atoms with Gasteiger partial charge in [0.1, 0.15) is 19.3 Å². The highest BCUT2D eigenvalue weighted by atomic mass is 35.5. The molecule has 5 nitrogen and oxygen atoms in total. The average Bonchev–Trinajstić information content (AvgIpc) is 2.39. The molecular formula is C12H14ClNO4. The number of rotatable bonds is 3. The molecule has 0 bridgehead atoms. The molecule has 0 saturated heterocycles. The predicted molar refractivity (Wildman–Crippen MR) is 66.3 cm³/mol. The van der Waals surface area contributed by atoms with E-state index in [4.69, 9.17) is 25.8 Å². The fourth-order valence-corrected chi connectivity index (χ4v) is 2.11. The summed E-state index contributed by atoms with van der Waals surface area (Å²) < 4.78 is 15.6. The largest absolute Gasteiger partial charge is 0.486 e. The SMILES string of the molecule is CNC(C(=O)OC)c1cc(Cl)c2c(c1)OCCO2. The lowest BCUT2D eigenvalue weighted by Crippen LogP contribution is -2.27. The first kappa shape index (κ1) is 13.0. The monoisotopic (exact) mass is 271 g/mol. The molecule has 1 unspecified atom stereocenters. The van der Waals surface area contributed by atoms with Gasteiger partial charge in [0.25, 0.3) is 0 Å². The van der Waals surface area contributed by atoms with Gasteiger partial charge in [-0.05, 0) is 24.7 Å². The summed E-state index contributed by atoms with van der Waals surface area (Å²) in [6, 6.07) is 2.83. The first-order valence-corrected chi connectivity index (χ1v) is 5.89. The number of ether oxygens (including phenoxy) is 3. The maximum absolute atomic E-state index is 11.6. The molecular weight excluding hydrogens is 258 g/mol. The van der Waals surface area contributed by atoms with Crippen molar-refractivity contribution < 1.29 is 19.0 Å². The van der Waals surface area contributed by atoms with Gasteiger partial charge in [0, 0.05) is 0 Å². The van der Waals surface area contributed by atoms with E-state index in [-0.39, 0.29) is 5.97 Å². The highest BCUT2D eigenvalue weighted by molar-refractivity contribution is 6.32. The van der Waals surface area contributed by atoms with Crippen molar-refractivity contribution in [3.63, 3.8) is 0 Å². The first-order chi connectivity index (χ1) is 8.67. The molecule has 18 heavy (non-hydrogen) atoms. The molecule has 1 N–H and O–H groups in total. The molecule has 1 aliphatic heterocycles. The van der Waals surface area contributed by atoms with Crippen LogP contribution in [0, 0.1) is 0 Å². The summed E-state index contributed by atoms with van der Waals surface area (Å²) in [5, 5.41) is 3.30. The Labute approximate surface area is 110 Å². The number of esters is 1. The van der Waals surface area contributed by atoms with Crippen LogP contribution in [0.25, 0.3) is 0 Å². The molecule has 0 spiro atoms. The maximum Gasteiger partial charge on any atom is 0.327 e. The van der Waals surface area contributed by atoms with Crippen LogP contribution < -0.4 is 14.8 Å². The molecule has 98 valence electrons. The normalized spacial score (nSPS) is 15.1. The predicted octanol–water partition coefficient (Wildman–Crippen LogP) is 1.54.